The molecule has 0 spiro atoms. The SMILES string of the molecule is CNC(=O)CCNCc1nccn1C(F)F. The number of halogens is 2. The highest BCUT2D eigenvalue weighted by molar-refractivity contribution is 5.75. The molecule has 0 aliphatic rings. The van der Waals surface area contributed by atoms with Crippen LogP contribution < -0.4 is 10.6 Å². The van der Waals surface area contributed by atoms with Gasteiger partial charge in [0.25, 0.3) is 0 Å². The van der Waals surface area contributed by atoms with E-state index in [4.69, 9.17) is 0 Å². The van der Waals surface area contributed by atoms with Crippen LogP contribution in [0, 0.1) is 0 Å². The van der Waals surface area contributed by atoms with E-state index in [-0.39, 0.29) is 18.3 Å². The number of nitrogens with zero attached hydrogens (tertiary/aromatic N) is 2. The zero-order valence-electron chi connectivity index (χ0n) is 8.91. The summed E-state index contributed by atoms with van der Waals surface area (Å²) in [5.74, 6) is 0.164. The molecule has 0 aromatic carbocycles. The summed E-state index contributed by atoms with van der Waals surface area (Å²) in [4.78, 5) is 14.7. The van der Waals surface area contributed by atoms with Crippen LogP contribution in [0.25, 0.3) is 0 Å². The number of imidazole rings is 1. The van der Waals surface area contributed by atoms with Gasteiger partial charge in [0.1, 0.15) is 5.82 Å². The Morgan fingerprint density at radius 2 is 2.38 bits per heavy atom. The van der Waals surface area contributed by atoms with Gasteiger partial charge in [-0.15, -0.1) is 0 Å². The predicted molar refractivity (Wildman–Crippen MR) is 53.9 cm³/mol. The van der Waals surface area contributed by atoms with Crippen molar-refractivity contribution in [2.24, 2.45) is 0 Å². The van der Waals surface area contributed by atoms with Crippen LogP contribution in [0.3, 0.4) is 0 Å². The standard InChI is InChI=1S/C9H14F2N4O/c1-12-8(16)2-3-13-6-7-14-4-5-15(7)9(10)11/h4-5,9,13H,2-3,6H2,1H3,(H,12,16). The van der Waals surface area contributed by atoms with Gasteiger partial charge in [-0.25, -0.2) is 4.98 Å². The molecule has 0 aliphatic carbocycles. The lowest BCUT2D eigenvalue weighted by molar-refractivity contribution is -0.120. The Bertz CT molecular complexity index is 340. The van der Waals surface area contributed by atoms with E-state index < -0.39 is 6.55 Å². The molecule has 0 fully saturated rings. The summed E-state index contributed by atoms with van der Waals surface area (Å²) >= 11 is 0. The minimum Gasteiger partial charge on any atom is -0.359 e. The molecule has 0 radical (unpaired) electrons. The van der Waals surface area contributed by atoms with Crippen LogP contribution in [0.5, 0.6) is 0 Å². The smallest absolute Gasteiger partial charge is 0.319 e. The van der Waals surface area contributed by atoms with Gasteiger partial charge in [-0.1, -0.05) is 0 Å². The molecule has 0 saturated heterocycles. The van der Waals surface area contributed by atoms with Gasteiger partial charge in [0.05, 0.1) is 6.54 Å². The zero-order chi connectivity index (χ0) is 12.0. The normalized spacial score (nSPS) is 10.8. The maximum Gasteiger partial charge on any atom is 0.319 e. The van der Waals surface area contributed by atoms with Crippen molar-refractivity contribution in [3.8, 4) is 0 Å². The summed E-state index contributed by atoms with van der Waals surface area (Å²) in [7, 11) is 1.55. The van der Waals surface area contributed by atoms with E-state index in [1.807, 2.05) is 0 Å². The van der Waals surface area contributed by atoms with E-state index in [2.05, 4.69) is 15.6 Å². The first-order valence-corrected chi connectivity index (χ1v) is 4.86. The highest BCUT2D eigenvalue weighted by Gasteiger charge is 2.10. The third-order valence-corrected chi connectivity index (χ3v) is 2.05. The molecule has 0 unspecified atom stereocenters. The Labute approximate surface area is 91.9 Å². The van der Waals surface area contributed by atoms with Crippen LogP contribution in [-0.4, -0.2) is 29.1 Å². The van der Waals surface area contributed by atoms with E-state index in [1.54, 1.807) is 7.05 Å². The van der Waals surface area contributed by atoms with Crippen molar-refractivity contribution >= 4 is 5.91 Å². The first kappa shape index (κ1) is 12.6. The lowest BCUT2D eigenvalue weighted by Gasteiger charge is -2.07. The number of rotatable bonds is 6. The molecule has 0 saturated carbocycles. The first-order valence-electron chi connectivity index (χ1n) is 4.86. The lowest BCUT2D eigenvalue weighted by atomic mass is 10.4. The average Bonchev–Trinajstić information content (AvgIpc) is 2.72. The van der Waals surface area contributed by atoms with Crippen LogP contribution in [0.15, 0.2) is 12.4 Å². The summed E-state index contributed by atoms with van der Waals surface area (Å²) in [6, 6.07) is 0. The highest BCUT2D eigenvalue weighted by atomic mass is 19.3. The van der Waals surface area contributed by atoms with E-state index in [1.165, 1.54) is 12.4 Å². The molecular formula is C9H14F2N4O. The predicted octanol–water partition coefficient (Wildman–Crippen LogP) is 0.504. The van der Waals surface area contributed by atoms with Crippen molar-refractivity contribution in [1.82, 2.24) is 20.2 Å². The summed E-state index contributed by atoms with van der Waals surface area (Å²) in [5, 5.41) is 5.34. The van der Waals surface area contributed by atoms with Gasteiger partial charge in [-0.05, 0) is 0 Å². The number of carbonyl (C=O) groups is 1. The first-order chi connectivity index (χ1) is 7.65. The van der Waals surface area contributed by atoms with Crippen molar-refractivity contribution in [1.29, 1.82) is 0 Å². The summed E-state index contributed by atoms with van der Waals surface area (Å²) in [5.41, 5.74) is 0. The molecule has 1 amide bonds. The molecule has 0 aliphatic heterocycles. The summed E-state index contributed by atoms with van der Waals surface area (Å²) < 4.78 is 25.6. The molecule has 5 nitrogen and oxygen atoms in total. The van der Waals surface area contributed by atoms with Gasteiger partial charge in [-0.2, -0.15) is 8.78 Å². The minimum absolute atomic E-state index is 0.0929. The molecule has 1 rings (SSSR count). The number of alkyl halides is 2. The molecule has 2 N–H and O–H groups in total. The van der Waals surface area contributed by atoms with Crippen molar-refractivity contribution in [2.45, 2.75) is 19.5 Å². The van der Waals surface area contributed by atoms with Crippen molar-refractivity contribution in [2.75, 3.05) is 13.6 Å². The largest absolute Gasteiger partial charge is 0.359 e. The molecule has 0 atom stereocenters. The van der Waals surface area contributed by atoms with Gasteiger partial charge in [-0.3, -0.25) is 9.36 Å². The second kappa shape index (κ2) is 6.16. The number of aromatic nitrogens is 2. The number of nitrogens with one attached hydrogen (secondary N) is 2. The summed E-state index contributed by atoms with van der Waals surface area (Å²) in [6.07, 6.45) is 2.86. The van der Waals surface area contributed by atoms with Crippen LogP contribution >= 0.6 is 0 Å². The number of hydrogen-bond acceptors (Lipinski definition) is 3. The van der Waals surface area contributed by atoms with Crippen LogP contribution in [0.2, 0.25) is 0 Å². The van der Waals surface area contributed by atoms with Gasteiger partial charge in [0, 0.05) is 32.4 Å². The third-order valence-electron chi connectivity index (χ3n) is 2.05. The van der Waals surface area contributed by atoms with Crippen molar-refractivity contribution in [3.05, 3.63) is 18.2 Å². The second-order valence-corrected chi connectivity index (χ2v) is 3.13. The molecule has 7 heteroatoms. The fourth-order valence-electron chi connectivity index (χ4n) is 1.19. The quantitative estimate of drug-likeness (QED) is 0.702. The van der Waals surface area contributed by atoms with Crippen molar-refractivity contribution < 1.29 is 13.6 Å². The zero-order valence-corrected chi connectivity index (χ0v) is 8.91. The van der Waals surface area contributed by atoms with Crippen LogP contribution in [-0.2, 0) is 11.3 Å². The Morgan fingerprint density at radius 1 is 1.62 bits per heavy atom. The molecule has 90 valence electrons. The van der Waals surface area contributed by atoms with Crippen LogP contribution in [0.1, 0.15) is 18.8 Å². The Balaban J connectivity index is 2.32. The molecule has 0 bridgehead atoms. The number of carbonyl (C=O) groups excluding carboxylic acids is 1. The second-order valence-electron chi connectivity index (χ2n) is 3.13. The van der Waals surface area contributed by atoms with Gasteiger partial charge in [0.2, 0.25) is 5.91 Å². The van der Waals surface area contributed by atoms with Crippen molar-refractivity contribution in [3.63, 3.8) is 0 Å². The van der Waals surface area contributed by atoms with E-state index >= 15 is 0 Å². The van der Waals surface area contributed by atoms with Gasteiger partial charge in [0.15, 0.2) is 0 Å². The topological polar surface area (TPSA) is 59.0 Å². The molecule has 16 heavy (non-hydrogen) atoms. The molecule has 1 aromatic heterocycles. The third kappa shape index (κ3) is 3.58. The van der Waals surface area contributed by atoms with E-state index in [0.717, 1.165) is 4.57 Å². The average molecular weight is 232 g/mol. The van der Waals surface area contributed by atoms with Crippen LogP contribution in [0.4, 0.5) is 8.78 Å². The minimum atomic E-state index is -2.58. The fraction of sp³-hybridized carbons (Fsp3) is 0.556. The maximum absolute atomic E-state index is 12.4. The van der Waals surface area contributed by atoms with E-state index in [0.29, 0.717) is 13.0 Å². The maximum atomic E-state index is 12.4. The summed E-state index contributed by atoms with van der Waals surface area (Å²) in [6.45, 7) is -1.94. The molecular weight excluding hydrogens is 218 g/mol. The monoisotopic (exact) mass is 232 g/mol. The Hall–Kier alpha value is -1.50. The fourth-order valence-corrected chi connectivity index (χ4v) is 1.19. The van der Waals surface area contributed by atoms with Gasteiger partial charge < -0.3 is 10.6 Å². The Morgan fingerprint density at radius 3 is 3.00 bits per heavy atom. The highest BCUT2D eigenvalue weighted by Crippen LogP contribution is 2.11. The number of amides is 1. The number of hydrogen-bond donors (Lipinski definition) is 2. The molecule has 1 heterocycles. The van der Waals surface area contributed by atoms with Gasteiger partial charge >= 0.3 is 6.55 Å². The molecule has 1 aromatic rings. The van der Waals surface area contributed by atoms with E-state index in [9.17, 15) is 13.6 Å². The lowest BCUT2D eigenvalue weighted by Crippen LogP contribution is -2.25. The Kier molecular flexibility index (Phi) is 4.84.